The molecule has 3 N–H and O–H groups in total. The molecule has 1 fully saturated rings. The molecule has 0 aliphatic carbocycles. The molecule has 0 bridgehead atoms. The van der Waals surface area contributed by atoms with Gasteiger partial charge >= 0.3 is 0 Å². The Kier molecular flexibility index (Phi) is 5.01. The number of aryl methyl sites for hydroxylation is 1. The van der Waals surface area contributed by atoms with E-state index < -0.39 is 0 Å². The fraction of sp³-hybridized carbons (Fsp3) is 0.571. The van der Waals surface area contributed by atoms with E-state index in [1.165, 1.54) is 28.2 Å². The van der Waals surface area contributed by atoms with Gasteiger partial charge in [-0.15, -0.1) is 0 Å². The van der Waals surface area contributed by atoms with E-state index in [9.17, 15) is 0 Å². The van der Waals surface area contributed by atoms with Crippen LogP contribution in [-0.4, -0.2) is 22.0 Å². The average Bonchev–Trinajstić information content (AvgIpc) is 2.37. The van der Waals surface area contributed by atoms with Crippen molar-refractivity contribution in [2.75, 3.05) is 11.5 Å². The zero-order valence-electron chi connectivity index (χ0n) is 11.3. The molecule has 18 heavy (non-hydrogen) atoms. The first-order chi connectivity index (χ1) is 8.65. The molecule has 0 saturated carbocycles. The first-order valence-electron chi connectivity index (χ1n) is 6.40. The van der Waals surface area contributed by atoms with Crippen molar-refractivity contribution in [3.8, 4) is 0 Å². The number of thioether (sulfide) groups is 2. The number of nitrogens with one attached hydrogen (secondary N) is 1. The minimum atomic E-state index is 0.248. The Balaban J connectivity index is 2.29. The number of hydrogen-bond acceptors (Lipinski definition) is 4. The van der Waals surface area contributed by atoms with Crippen LogP contribution in [0.4, 0.5) is 0 Å². The molecule has 1 saturated heterocycles. The predicted octanol–water partition coefficient (Wildman–Crippen LogP) is 3.04. The van der Waals surface area contributed by atoms with Crippen molar-refractivity contribution in [3.05, 3.63) is 34.9 Å². The van der Waals surface area contributed by atoms with Crippen molar-refractivity contribution in [2.24, 2.45) is 5.84 Å². The van der Waals surface area contributed by atoms with Crippen molar-refractivity contribution < 1.29 is 0 Å². The van der Waals surface area contributed by atoms with Crippen molar-refractivity contribution in [3.63, 3.8) is 0 Å². The molecule has 3 unspecified atom stereocenters. The highest BCUT2D eigenvalue weighted by molar-refractivity contribution is 8.07. The molecule has 3 atom stereocenters. The molecule has 0 aromatic heterocycles. The SMILES string of the molecule is Cc1cccc(C(NN)C2SCCSC2C)c1C. The zero-order valence-corrected chi connectivity index (χ0v) is 12.9. The second-order valence-electron chi connectivity index (χ2n) is 4.84. The van der Waals surface area contributed by atoms with E-state index in [0.717, 1.165) is 0 Å². The molecular formula is C14H22N2S2. The summed E-state index contributed by atoms with van der Waals surface area (Å²) >= 11 is 4.11. The summed E-state index contributed by atoms with van der Waals surface area (Å²) in [6.07, 6.45) is 0. The Labute approximate surface area is 118 Å². The molecular weight excluding hydrogens is 260 g/mol. The summed E-state index contributed by atoms with van der Waals surface area (Å²) in [7, 11) is 0. The fourth-order valence-corrected chi connectivity index (χ4v) is 5.41. The molecule has 0 amide bonds. The molecule has 2 rings (SSSR count). The molecule has 1 aromatic rings. The largest absolute Gasteiger partial charge is 0.271 e. The third kappa shape index (κ3) is 2.87. The third-order valence-corrected chi connectivity index (χ3v) is 6.92. The van der Waals surface area contributed by atoms with Crippen LogP contribution in [0.15, 0.2) is 18.2 Å². The second-order valence-corrected chi connectivity index (χ2v) is 7.62. The van der Waals surface area contributed by atoms with E-state index in [-0.39, 0.29) is 6.04 Å². The van der Waals surface area contributed by atoms with E-state index in [4.69, 9.17) is 5.84 Å². The molecule has 4 heteroatoms. The van der Waals surface area contributed by atoms with Crippen LogP contribution in [0.1, 0.15) is 29.7 Å². The Hall–Kier alpha value is -0.160. The van der Waals surface area contributed by atoms with Crippen molar-refractivity contribution in [2.45, 2.75) is 37.3 Å². The first-order valence-corrected chi connectivity index (χ1v) is 8.50. The number of benzene rings is 1. The Bertz CT molecular complexity index is 409. The van der Waals surface area contributed by atoms with Crippen LogP contribution >= 0.6 is 23.5 Å². The predicted molar refractivity (Wildman–Crippen MR) is 84.1 cm³/mol. The molecule has 1 aliphatic rings. The summed E-state index contributed by atoms with van der Waals surface area (Å²) in [5, 5.41) is 1.19. The van der Waals surface area contributed by atoms with Gasteiger partial charge in [0.05, 0.1) is 6.04 Å². The monoisotopic (exact) mass is 282 g/mol. The van der Waals surface area contributed by atoms with Crippen LogP contribution in [0.25, 0.3) is 0 Å². The second kappa shape index (κ2) is 6.33. The lowest BCUT2D eigenvalue weighted by Crippen LogP contribution is -2.41. The first kappa shape index (κ1) is 14.3. The standard InChI is InChI=1S/C14H22N2S2/c1-9-5-4-6-12(10(9)2)13(16-15)14-11(3)17-7-8-18-14/h4-6,11,13-14,16H,7-8,15H2,1-3H3. The Morgan fingerprint density at radius 1 is 1.28 bits per heavy atom. The third-order valence-electron chi connectivity index (χ3n) is 3.73. The molecule has 100 valence electrons. The van der Waals surface area contributed by atoms with E-state index >= 15 is 0 Å². The molecule has 0 spiro atoms. The minimum Gasteiger partial charge on any atom is -0.271 e. The van der Waals surface area contributed by atoms with Gasteiger partial charge in [-0.1, -0.05) is 25.1 Å². The van der Waals surface area contributed by atoms with E-state index in [1.54, 1.807) is 0 Å². The number of hydrogen-bond donors (Lipinski definition) is 2. The van der Waals surface area contributed by atoms with Crippen LogP contribution in [0.5, 0.6) is 0 Å². The zero-order chi connectivity index (χ0) is 13.1. The van der Waals surface area contributed by atoms with Crippen molar-refractivity contribution in [1.82, 2.24) is 5.43 Å². The lowest BCUT2D eigenvalue weighted by Gasteiger charge is -2.35. The van der Waals surface area contributed by atoms with Crippen LogP contribution in [0.2, 0.25) is 0 Å². The van der Waals surface area contributed by atoms with Crippen molar-refractivity contribution >= 4 is 23.5 Å². The van der Waals surface area contributed by atoms with Crippen LogP contribution in [0.3, 0.4) is 0 Å². The van der Waals surface area contributed by atoms with E-state index in [0.29, 0.717) is 10.5 Å². The van der Waals surface area contributed by atoms with Gasteiger partial charge in [-0.3, -0.25) is 11.3 Å². The van der Waals surface area contributed by atoms with Gasteiger partial charge in [0.2, 0.25) is 0 Å². The van der Waals surface area contributed by atoms with Gasteiger partial charge in [0.1, 0.15) is 0 Å². The van der Waals surface area contributed by atoms with Gasteiger partial charge in [0.15, 0.2) is 0 Å². The number of hydrazine groups is 1. The summed E-state index contributed by atoms with van der Waals surface area (Å²) in [6.45, 7) is 6.68. The van der Waals surface area contributed by atoms with Gasteiger partial charge < -0.3 is 0 Å². The lowest BCUT2D eigenvalue weighted by atomic mass is 9.95. The summed E-state index contributed by atoms with van der Waals surface area (Å²) < 4.78 is 0. The van der Waals surface area contributed by atoms with Gasteiger partial charge in [-0.05, 0) is 30.5 Å². The van der Waals surface area contributed by atoms with Gasteiger partial charge in [-0.2, -0.15) is 23.5 Å². The van der Waals surface area contributed by atoms with E-state index in [2.05, 4.69) is 67.9 Å². The van der Waals surface area contributed by atoms with Gasteiger partial charge in [-0.25, -0.2) is 0 Å². The average molecular weight is 282 g/mol. The van der Waals surface area contributed by atoms with Crippen LogP contribution in [0, 0.1) is 13.8 Å². The number of rotatable bonds is 3. The molecule has 1 heterocycles. The summed E-state index contributed by atoms with van der Waals surface area (Å²) in [5.74, 6) is 8.33. The highest BCUT2D eigenvalue weighted by Gasteiger charge is 2.31. The van der Waals surface area contributed by atoms with Crippen molar-refractivity contribution in [1.29, 1.82) is 0 Å². The quantitative estimate of drug-likeness (QED) is 0.660. The fourth-order valence-electron chi connectivity index (χ4n) is 2.49. The maximum Gasteiger partial charge on any atom is 0.0591 e. The lowest BCUT2D eigenvalue weighted by molar-refractivity contribution is 0.524. The molecule has 0 radical (unpaired) electrons. The topological polar surface area (TPSA) is 38.0 Å². The number of nitrogens with two attached hydrogens (primary N) is 1. The maximum absolute atomic E-state index is 5.84. The molecule has 1 aromatic carbocycles. The summed E-state index contributed by atoms with van der Waals surface area (Å²) in [4.78, 5) is 0. The van der Waals surface area contributed by atoms with Crippen LogP contribution < -0.4 is 11.3 Å². The van der Waals surface area contributed by atoms with E-state index in [1.807, 2.05) is 0 Å². The molecule has 1 aliphatic heterocycles. The molecule has 2 nitrogen and oxygen atoms in total. The van der Waals surface area contributed by atoms with Crippen LogP contribution in [-0.2, 0) is 0 Å². The normalized spacial score (nSPS) is 26.0. The minimum absolute atomic E-state index is 0.248. The summed E-state index contributed by atoms with van der Waals surface area (Å²) in [6, 6.07) is 6.75. The Morgan fingerprint density at radius 3 is 2.67 bits per heavy atom. The van der Waals surface area contributed by atoms with Gasteiger partial charge in [0.25, 0.3) is 0 Å². The highest BCUT2D eigenvalue weighted by Crippen LogP contribution is 2.39. The maximum atomic E-state index is 5.84. The Morgan fingerprint density at radius 2 is 2.00 bits per heavy atom. The van der Waals surface area contributed by atoms with Gasteiger partial charge in [0, 0.05) is 22.0 Å². The highest BCUT2D eigenvalue weighted by atomic mass is 32.2. The smallest absolute Gasteiger partial charge is 0.0591 e. The summed E-state index contributed by atoms with van der Waals surface area (Å²) in [5.41, 5.74) is 7.11.